The summed E-state index contributed by atoms with van der Waals surface area (Å²) >= 11 is 1.59. The van der Waals surface area contributed by atoms with Gasteiger partial charge in [0.25, 0.3) is 5.56 Å². The van der Waals surface area contributed by atoms with Gasteiger partial charge in [0, 0.05) is 16.7 Å². The molecule has 0 fully saturated rings. The van der Waals surface area contributed by atoms with E-state index in [0.29, 0.717) is 22.9 Å². The van der Waals surface area contributed by atoms with E-state index in [1.54, 1.807) is 6.92 Å². The van der Waals surface area contributed by atoms with Gasteiger partial charge in [0.15, 0.2) is 0 Å². The molecule has 12 heteroatoms. The maximum atomic E-state index is 14.7. The summed E-state index contributed by atoms with van der Waals surface area (Å²) in [5.74, 6) is -2.22. The largest absolute Gasteiger partial charge is 0.398 e. The van der Waals surface area contributed by atoms with Crippen LogP contribution in [0.1, 0.15) is 18.1 Å². The van der Waals surface area contributed by atoms with Gasteiger partial charge in [0.05, 0.1) is 17.6 Å². The molecule has 2 aromatic heterocycles. The zero-order valence-corrected chi connectivity index (χ0v) is 18.3. The van der Waals surface area contributed by atoms with Crippen molar-refractivity contribution in [2.45, 2.75) is 34.7 Å². The Morgan fingerprint density at radius 3 is 2.66 bits per heavy atom. The normalized spacial score (nSPS) is 17.8. The van der Waals surface area contributed by atoms with Crippen molar-refractivity contribution in [3.8, 4) is 5.69 Å². The van der Waals surface area contributed by atoms with Gasteiger partial charge in [-0.25, -0.2) is 13.8 Å². The van der Waals surface area contributed by atoms with Gasteiger partial charge < -0.3 is 5.32 Å². The molecule has 32 heavy (non-hydrogen) atoms. The molecular formula is C20H15F5N4OS2. The molecule has 0 radical (unpaired) electrons. The van der Waals surface area contributed by atoms with Crippen molar-refractivity contribution in [3.05, 3.63) is 70.0 Å². The molecule has 1 atom stereocenters. The molecule has 0 saturated carbocycles. The number of rotatable bonds is 4. The summed E-state index contributed by atoms with van der Waals surface area (Å²) in [6, 6.07) is 3.57. The van der Waals surface area contributed by atoms with Crippen LogP contribution in [0, 0.1) is 18.6 Å². The predicted octanol–water partition coefficient (Wildman–Crippen LogP) is 5.26. The van der Waals surface area contributed by atoms with Crippen molar-refractivity contribution in [1.82, 2.24) is 14.5 Å². The van der Waals surface area contributed by atoms with Crippen LogP contribution in [0.3, 0.4) is 0 Å². The Morgan fingerprint density at radius 1 is 1.22 bits per heavy atom. The molecular weight excluding hydrogens is 471 g/mol. The number of hydrogen-bond acceptors (Lipinski definition) is 6. The lowest BCUT2D eigenvalue weighted by Gasteiger charge is -2.23. The maximum Gasteiger partial charge on any atom is 0.398 e. The second-order valence-electron chi connectivity index (χ2n) is 7.22. The van der Waals surface area contributed by atoms with Gasteiger partial charge in [-0.2, -0.15) is 13.2 Å². The van der Waals surface area contributed by atoms with E-state index in [0.717, 1.165) is 34.9 Å². The van der Waals surface area contributed by atoms with E-state index < -0.39 is 34.0 Å². The number of nitrogens with one attached hydrogen (secondary N) is 1. The molecule has 3 heterocycles. The van der Waals surface area contributed by atoms with Crippen LogP contribution in [0.15, 0.2) is 51.5 Å². The molecule has 0 bridgehead atoms. The molecule has 0 spiro atoms. The van der Waals surface area contributed by atoms with E-state index in [-0.39, 0.29) is 21.3 Å². The molecule has 1 aromatic carbocycles. The standard InChI is InChI=1S/C20H15F5N4OS2/c1-10-3-13(22)14(5-15(10)31-8-20(23,24)25)29-9-27-17-16(18(29)30)32-19(2,28-17)11-4-12(21)7-26-6-11/h3-7,9,28H,8H2,1-2H3. The average molecular weight is 486 g/mol. The van der Waals surface area contributed by atoms with Crippen LogP contribution in [0.25, 0.3) is 5.69 Å². The summed E-state index contributed by atoms with van der Waals surface area (Å²) < 4.78 is 67.2. The maximum absolute atomic E-state index is 14.7. The van der Waals surface area contributed by atoms with E-state index in [2.05, 4.69) is 15.3 Å². The van der Waals surface area contributed by atoms with E-state index in [1.165, 1.54) is 25.3 Å². The number of aryl methyl sites for hydroxylation is 1. The Balaban J connectivity index is 1.72. The fourth-order valence-electron chi connectivity index (χ4n) is 3.19. The minimum Gasteiger partial charge on any atom is -0.350 e. The molecule has 0 aliphatic carbocycles. The number of thioether (sulfide) groups is 2. The summed E-state index contributed by atoms with van der Waals surface area (Å²) in [5, 5.41) is 3.05. The molecule has 168 valence electrons. The van der Waals surface area contributed by atoms with Crippen molar-refractivity contribution in [1.29, 1.82) is 0 Å². The van der Waals surface area contributed by atoms with Crippen molar-refractivity contribution in [2.75, 3.05) is 11.1 Å². The quantitative estimate of drug-likeness (QED) is 0.401. The number of aromatic nitrogens is 3. The van der Waals surface area contributed by atoms with Gasteiger partial charge in [0.1, 0.15) is 33.5 Å². The number of fused-ring (bicyclic) bond motifs is 1. The van der Waals surface area contributed by atoms with E-state index in [1.807, 2.05) is 0 Å². The van der Waals surface area contributed by atoms with Crippen molar-refractivity contribution in [2.24, 2.45) is 0 Å². The lowest BCUT2D eigenvalue weighted by molar-refractivity contribution is -0.105. The first-order chi connectivity index (χ1) is 15.0. The number of alkyl halides is 3. The van der Waals surface area contributed by atoms with Gasteiger partial charge >= 0.3 is 6.18 Å². The van der Waals surface area contributed by atoms with Gasteiger partial charge in [-0.3, -0.25) is 14.3 Å². The fourth-order valence-corrected chi connectivity index (χ4v) is 5.16. The molecule has 3 aromatic rings. The highest BCUT2D eigenvalue weighted by atomic mass is 32.2. The predicted molar refractivity (Wildman–Crippen MR) is 112 cm³/mol. The smallest absolute Gasteiger partial charge is 0.350 e. The summed E-state index contributed by atoms with van der Waals surface area (Å²) in [6.07, 6.45) is -0.775. The zero-order valence-electron chi connectivity index (χ0n) is 16.6. The monoisotopic (exact) mass is 486 g/mol. The minimum atomic E-state index is -4.39. The zero-order chi connectivity index (χ0) is 23.3. The third-order valence-electron chi connectivity index (χ3n) is 4.74. The van der Waals surface area contributed by atoms with Gasteiger partial charge in [-0.15, -0.1) is 11.8 Å². The van der Waals surface area contributed by atoms with Crippen LogP contribution in [-0.4, -0.2) is 26.5 Å². The number of halogens is 5. The number of pyridine rings is 1. The second kappa shape index (κ2) is 8.07. The highest BCUT2D eigenvalue weighted by Gasteiger charge is 2.39. The Labute approximate surface area is 187 Å². The molecule has 1 aliphatic rings. The van der Waals surface area contributed by atoms with Crippen LogP contribution in [0.4, 0.5) is 27.8 Å². The van der Waals surface area contributed by atoms with Gasteiger partial charge in [-0.1, -0.05) is 11.8 Å². The molecule has 4 rings (SSSR count). The molecule has 1 unspecified atom stereocenters. The van der Waals surface area contributed by atoms with Gasteiger partial charge in [-0.05, 0) is 37.6 Å². The lowest BCUT2D eigenvalue weighted by atomic mass is 10.1. The van der Waals surface area contributed by atoms with E-state index >= 15 is 0 Å². The number of hydrogen-bond donors (Lipinski definition) is 1. The fraction of sp³-hybridized carbons (Fsp3) is 0.250. The van der Waals surface area contributed by atoms with Crippen LogP contribution >= 0.6 is 23.5 Å². The van der Waals surface area contributed by atoms with E-state index in [4.69, 9.17) is 0 Å². The molecule has 1 N–H and O–H groups in total. The Kier molecular flexibility index (Phi) is 5.70. The van der Waals surface area contributed by atoms with Crippen molar-refractivity contribution < 1.29 is 22.0 Å². The molecule has 5 nitrogen and oxygen atoms in total. The highest BCUT2D eigenvalue weighted by Crippen LogP contribution is 2.48. The highest BCUT2D eigenvalue weighted by molar-refractivity contribution is 8.00. The van der Waals surface area contributed by atoms with Crippen LogP contribution in [0.5, 0.6) is 0 Å². The number of anilines is 1. The minimum absolute atomic E-state index is 0.170. The molecule has 1 aliphatic heterocycles. The Bertz CT molecular complexity index is 1260. The SMILES string of the molecule is Cc1cc(F)c(-n2cnc3c(c2=O)SC(C)(c2cncc(F)c2)N3)cc1SCC(F)(F)F. The molecule has 0 amide bonds. The average Bonchev–Trinajstić information content (AvgIpc) is 3.06. The third-order valence-corrected chi connectivity index (χ3v) is 7.29. The summed E-state index contributed by atoms with van der Waals surface area (Å²) in [5.41, 5.74) is -0.0130. The van der Waals surface area contributed by atoms with Crippen LogP contribution in [-0.2, 0) is 4.87 Å². The van der Waals surface area contributed by atoms with Crippen LogP contribution in [0.2, 0.25) is 0 Å². The molecule has 0 saturated heterocycles. The first-order valence-corrected chi connectivity index (χ1v) is 11.0. The van der Waals surface area contributed by atoms with E-state index in [9.17, 15) is 26.7 Å². The number of benzene rings is 1. The van der Waals surface area contributed by atoms with Crippen molar-refractivity contribution in [3.63, 3.8) is 0 Å². The number of nitrogens with zero attached hydrogens (tertiary/aromatic N) is 3. The Hall–Kier alpha value is -2.60. The third kappa shape index (κ3) is 4.33. The summed E-state index contributed by atoms with van der Waals surface area (Å²) in [7, 11) is 0. The first-order valence-electron chi connectivity index (χ1n) is 9.17. The summed E-state index contributed by atoms with van der Waals surface area (Å²) in [4.78, 5) is 20.6. The van der Waals surface area contributed by atoms with Crippen molar-refractivity contribution >= 4 is 29.3 Å². The first kappa shape index (κ1) is 22.6. The van der Waals surface area contributed by atoms with Crippen LogP contribution < -0.4 is 10.9 Å². The Morgan fingerprint density at radius 2 is 1.97 bits per heavy atom. The van der Waals surface area contributed by atoms with Gasteiger partial charge in [0.2, 0.25) is 0 Å². The topological polar surface area (TPSA) is 59.8 Å². The lowest BCUT2D eigenvalue weighted by Crippen LogP contribution is -2.24. The summed E-state index contributed by atoms with van der Waals surface area (Å²) in [6.45, 7) is 3.21. The second-order valence-corrected chi connectivity index (χ2v) is 9.67.